The van der Waals surface area contributed by atoms with E-state index in [1.54, 1.807) is 0 Å². The standard InChI is InChI=1S/C42H28Cl2N4/c43-33-23-27(19-21-35(33)47-41-31-17-9-7-15-29(31)39(45)37(41)25-11-3-1-4-12-25)28-20-22-36(34(44)24-28)48-42-32-18-10-8-16-30(32)40(46)38(42)26-13-5-2-6-14-26/h1-24H,45-46H2. The Kier molecular flexibility index (Phi) is 7.53. The number of hydrogen-bond donors (Lipinski definition) is 2. The molecule has 4 nitrogen and oxygen atoms in total. The zero-order valence-corrected chi connectivity index (χ0v) is 27.2. The third kappa shape index (κ3) is 5.12. The second-order valence-electron chi connectivity index (χ2n) is 11.7. The van der Waals surface area contributed by atoms with Gasteiger partial charge in [-0.25, -0.2) is 9.98 Å². The number of rotatable bonds is 5. The van der Waals surface area contributed by atoms with Crippen LogP contribution in [0.25, 0.3) is 33.7 Å². The van der Waals surface area contributed by atoms with Crippen molar-refractivity contribution in [2.45, 2.75) is 0 Å². The minimum Gasteiger partial charge on any atom is -0.398 e. The molecule has 230 valence electrons. The summed E-state index contributed by atoms with van der Waals surface area (Å²) in [6.07, 6.45) is 0. The van der Waals surface area contributed by atoms with E-state index in [1.807, 2.05) is 146 Å². The Labute approximate surface area is 289 Å². The monoisotopic (exact) mass is 658 g/mol. The van der Waals surface area contributed by atoms with Gasteiger partial charge in [0.25, 0.3) is 0 Å². The highest BCUT2D eigenvalue weighted by Gasteiger charge is 2.28. The van der Waals surface area contributed by atoms with Crippen LogP contribution in [-0.4, -0.2) is 11.4 Å². The Morgan fingerprint density at radius 2 is 0.729 bits per heavy atom. The minimum atomic E-state index is 0.520. The molecule has 0 spiro atoms. The molecular weight excluding hydrogens is 631 g/mol. The van der Waals surface area contributed by atoms with Crippen molar-refractivity contribution in [3.8, 4) is 11.1 Å². The zero-order valence-electron chi connectivity index (χ0n) is 25.7. The first-order chi connectivity index (χ1) is 23.5. The molecule has 4 N–H and O–H groups in total. The fraction of sp³-hybridized carbons (Fsp3) is 0. The van der Waals surface area contributed by atoms with Crippen LogP contribution in [0.4, 0.5) is 11.4 Å². The number of fused-ring (bicyclic) bond motifs is 2. The predicted molar refractivity (Wildman–Crippen MR) is 202 cm³/mol. The van der Waals surface area contributed by atoms with E-state index in [4.69, 9.17) is 44.7 Å². The van der Waals surface area contributed by atoms with E-state index in [0.29, 0.717) is 32.8 Å². The third-order valence-corrected chi connectivity index (χ3v) is 9.38. The molecule has 0 aliphatic heterocycles. The molecule has 0 saturated heterocycles. The van der Waals surface area contributed by atoms with Gasteiger partial charge >= 0.3 is 0 Å². The molecule has 0 atom stereocenters. The fourth-order valence-corrected chi connectivity index (χ4v) is 6.91. The second-order valence-corrected chi connectivity index (χ2v) is 12.5. The quantitative estimate of drug-likeness (QED) is 0.193. The lowest BCUT2D eigenvalue weighted by atomic mass is 10.0. The molecule has 0 heterocycles. The zero-order chi connectivity index (χ0) is 32.8. The molecule has 8 rings (SSSR count). The van der Waals surface area contributed by atoms with Gasteiger partial charge in [0.1, 0.15) is 0 Å². The summed E-state index contributed by atoms with van der Waals surface area (Å²) in [5, 5.41) is 1.04. The summed E-state index contributed by atoms with van der Waals surface area (Å²) >= 11 is 13.8. The molecule has 0 aromatic heterocycles. The minimum absolute atomic E-state index is 0.520. The molecule has 48 heavy (non-hydrogen) atoms. The van der Waals surface area contributed by atoms with Crippen LogP contribution < -0.4 is 11.5 Å². The molecule has 0 bridgehead atoms. The molecule has 2 aliphatic carbocycles. The molecule has 0 saturated carbocycles. The largest absolute Gasteiger partial charge is 0.398 e. The summed E-state index contributed by atoms with van der Waals surface area (Å²) in [5.41, 5.74) is 27.2. The van der Waals surface area contributed by atoms with Crippen molar-refractivity contribution in [3.63, 3.8) is 0 Å². The summed E-state index contributed by atoms with van der Waals surface area (Å²) in [7, 11) is 0. The van der Waals surface area contributed by atoms with Gasteiger partial charge in [0, 0.05) is 44.8 Å². The molecule has 6 heteroatoms. The molecule has 2 aliphatic rings. The number of nitrogens with two attached hydrogens (primary N) is 2. The van der Waals surface area contributed by atoms with E-state index in [1.165, 1.54) is 0 Å². The van der Waals surface area contributed by atoms with Gasteiger partial charge in [-0.1, -0.05) is 145 Å². The van der Waals surface area contributed by atoms with Crippen molar-refractivity contribution >= 4 is 68.5 Å². The van der Waals surface area contributed by atoms with E-state index >= 15 is 0 Å². The van der Waals surface area contributed by atoms with Crippen molar-refractivity contribution in [3.05, 3.63) is 189 Å². The Hall–Kier alpha value is -5.68. The number of aliphatic imine (C=N–C) groups is 2. The third-order valence-electron chi connectivity index (χ3n) is 8.78. The van der Waals surface area contributed by atoms with Gasteiger partial charge in [-0.15, -0.1) is 0 Å². The summed E-state index contributed by atoms with van der Waals surface area (Å²) in [6, 6.07) is 48.0. The Morgan fingerprint density at radius 1 is 0.375 bits per heavy atom. The highest BCUT2D eigenvalue weighted by molar-refractivity contribution is 6.44. The maximum absolute atomic E-state index is 6.91. The van der Waals surface area contributed by atoms with E-state index in [0.717, 1.165) is 67.1 Å². The van der Waals surface area contributed by atoms with Crippen LogP contribution in [-0.2, 0) is 0 Å². The highest BCUT2D eigenvalue weighted by Crippen LogP contribution is 2.41. The van der Waals surface area contributed by atoms with Crippen molar-refractivity contribution < 1.29 is 0 Å². The van der Waals surface area contributed by atoms with Crippen molar-refractivity contribution in [1.82, 2.24) is 0 Å². The van der Waals surface area contributed by atoms with Gasteiger partial charge in [0.15, 0.2) is 0 Å². The van der Waals surface area contributed by atoms with Crippen molar-refractivity contribution in [1.29, 1.82) is 0 Å². The van der Waals surface area contributed by atoms with E-state index < -0.39 is 0 Å². The predicted octanol–water partition coefficient (Wildman–Crippen LogP) is 10.6. The normalized spacial score (nSPS) is 15.4. The summed E-state index contributed by atoms with van der Waals surface area (Å²) < 4.78 is 0. The average molecular weight is 660 g/mol. The van der Waals surface area contributed by atoms with Gasteiger partial charge in [0.05, 0.1) is 32.8 Å². The lowest BCUT2D eigenvalue weighted by Crippen LogP contribution is -2.01. The number of halogens is 2. The van der Waals surface area contributed by atoms with Gasteiger partial charge in [-0.2, -0.15) is 0 Å². The maximum Gasteiger partial charge on any atom is 0.0824 e. The summed E-state index contributed by atoms with van der Waals surface area (Å²) in [5.74, 6) is 0. The molecule has 0 fully saturated rings. The van der Waals surface area contributed by atoms with Gasteiger partial charge in [-0.05, 0) is 46.5 Å². The van der Waals surface area contributed by atoms with Crippen LogP contribution in [0.2, 0.25) is 10.0 Å². The van der Waals surface area contributed by atoms with Crippen LogP contribution in [0.1, 0.15) is 33.4 Å². The molecule has 6 aromatic rings. The molecule has 0 amide bonds. The number of allylic oxidation sites excluding steroid dienone is 2. The first-order valence-corrected chi connectivity index (χ1v) is 16.3. The lowest BCUT2D eigenvalue weighted by Gasteiger charge is -2.11. The van der Waals surface area contributed by atoms with Gasteiger partial charge in [-0.3, -0.25) is 0 Å². The number of hydrogen-bond acceptors (Lipinski definition) is 4. The topological polar surface area (TPSA) is 76.8 Å². The smallest absolute Gasteiger partial charge is 0.0824 e. The molecule has 0 unspecified atom stereocenters. The second kappa shape index (κ2) is 12.2. The van der Waals surface area contributed by atoms with Crippen molar-refractivity contribution in [2.75, 3.05) is 0 Å². The molecular formula is C42H28Cl2N4. The number of nitrogens with zero attached hydrogens (tertiary/aromatic N) is 2. The first kappa shape index (κ1) is 29.7. The fourth-order valence-electron chi connectivity index (χ4n) is 6.46. The lowest BCUT2D eigenvalue weighted by molar-refractivity contribution is 1.48. The van der Waals surface area contributed by atoms with Crippen molar-refractivity contribution in [2.24, 2.45) is 21.5 Å². The Bertz CT molecular complexity index is 2200. The SMILES string of the molecule is NC1=C(c2ccccc2)C(=Nc2ccc(-c3ccc(N=C4C(c5ccccc5)=C(N)c5ccccc54)c(Cl)c3)cc2Cl)c2ccccc21. The van der Waals surface area contributed by atoms with Crippen LogP contribution in [0.3, 0.4) is 0 Å². The first-order valence-electron chi connectivity index (χ1n) is 15.6. The van der Waals surface area contributed by atoms with Gasteiger partial charge in [0.2, 0.25) is 0 Å². The van der Waals surface area contributed by atoms with E-state index in [-0.39, 0.29) is 0 Å². The van der Waals surface area contributed by atoms with Crippen LogP contribution >= 0.6 is 23.2 Å². The summed E-state index contributed by atoms with van der Waals surface area (Å²) in [6.45, 7) is 0. The molecule has 0 radical (unpaired) electrons. The van der Waals surface area contributed by atoms with E-state index in [2.05, 4.69) is 0 Å². The van der Waals surface area contributed by atoms with E-state index in [9.17, 15) is 0 Å². The maximum atomic E-state index is 6.91. The van der Waals surface area contributed by atoms with Crippen LogP contribution in [0.15, 0.2) is 156 Å². The Balaban J connectivity index is 1.15. The number of benzene rings is 6. The van der Waals surface area contributed by atoms with Crippen LogP contribution in [0.5, 0.6) is 0 Å². The van der Waals surface area contributed by atoms with Crippen LogP contribution in [0, 0.1) is 0 Å². The van der Waals surface area contributed by atoms with Gasteiger partial charge < -0.3 is 11.5 Å². The highest BCUT2D eigenvalue weighted by atomic mass is 35.5. The summed E-state index contributed by atoms with van der Waals surface area (Å²) in [4.78, 5) is 10.2. The Morgan fingerprint density at radius 3 is 1.10 bits per heavy atom. The molecule has 6 aromatic carbocycles. The average Bonchev–Trinajstić information content (AvgIpc) is 3.56.